The monoisotopic (exact) mass is 259 g/mol. The molecule has 0 aliphatic carbocycles. The number of rotatable bonds is 3. The summed E-state index contributed by atoms with van der Waals surface area (Å²) in [5.74, 6) is -0.489. The van der Waals surface area contributed by atoms with Crippen molar-refractivity contribution < 1.29 is 14.3 Å². The normalized spacial score (nSPS) is 10.7. The van der Waals surface area contributed by atoms with Crippen LogP contribution in [0.5, 0.6) is 0 Å². The Morgan fingerprint density at radius 1 is 1.32 bits per heavy atom. The molecular weight excluding hydrogens is 242 g/mol. The Bertz CT molecular complexity index is 668. The Morgan fingerprint density at radius 2 is 2.00 bits per heavy atom. The minimum absolute atomic E-state index is 0.239. The number of H-pyrrole nitrogens is 1. The molecule has 0 aliphatic heterocycles. The highest BCUT2D eigenvalue weighted by Crippen LogP contribution is 2.29. The number of hydrogen-bond acceptors (Lipinski definition) is 3. The Hall–Kier alpha value is -2.10. The van der Waals surface area contributed by atoms with Gasteiger partial charge in [-0.25, -0.2) is 4.79 Å². The number of fused-ring (bicyclic) bond motifs is 1. The molecule has 0 fully saturated rings. The maximum Gasteiger partial charge on any atom is 0.355 e. The van der Waals surface area contributed by atoms with Gasteiger partial charge in [-0.05, 0) is 44.4 Å². The molecule has 4 heteroatoms. The minimum Gasteiger partial charge on any atom is -0.461 e. The van der Waals surface area contributed by atoms with Crippen LogP contribution in [0, 0.1) is 20.8 Å². The summed E-state index contributed by atoms with van der Waals surface area (Å²) in [7, 11) is 0. The second-order valence-corrected chi connectivity index (χ2v) is 4.64. The number of nitrogens with one attached hydrogen (secondary N) is 1. The number of aryl methyl sites for hydroxylation is 3. The van der Waals surface area contributed by atoms with Gasteiger partial charge in [0, 0.05) is 5.39 Å². The van der Waals surface area contributed by atoms with Crippen molar-refractivity contribution in [1.29, 1.82) is 0 Å². The first-order valence-corrected chi connectivity index (χ1v) is 6.26. The number of carbonyl (C=O) groups is 2. The molecule has 4 nitrogen and oxygen atoms in total. The molecule has 1 N–H and O–H groups in total. The first-order valence-electron chi connectivity index (χ1n) is 6.26. The van der Waals surface area contributed by atoms with E-state index < -0.39 is 5.97 Å². The molecular formula is C15H17NO3. The van der Waals surface area contributed by atoms with Gasteiger partial charge < -0.3 is 9.72 Å². The van der Waals surface area contributed by atoms with E-state index in [-0.39, 0.29) is 12.3 Å². The fraction of sp³-hybridized carbons (Fsp3) is 0.333. The predicted molar refractivity (Wildman–Crippen MR) is 73.9 cm³/mol. The molecule has 2 aromatic rings. The lowest BCUT2D eigenvalue weighted by molar-refractivity contribution is 0.0518. The maximum absolute atomic E-state index is 11.9. The van der Waals surface area contributed by atoms with Crippen molar-refractivity contribution >= 4 is 23.2 Å². The lowest BCUT2D eigenvalue weighted by atomic mass is 9.99. The smallest absolute Gasteiger partial charge is 0.355 e. The van der Waals surface area contributed by atoms with Gasteiger partial charge in [0.1, 0.15) is 5.69 Å². The topological polar surface area (TPSA) is 59.2 Å². The van der Waals surface area contributed by atoms with Crippen molar-refractivity contribution in [3.05, 3.63) is 34.0 Å². The number of esters is 1. The molecule has 2 rings (SSSR count). The summed E-state index contributed by atoms with van der Waals surface area (Å²) in [4.78, 5) is 26.3. The molecule has 0 amide bonds. The van der Waals surface area contributed by atoms with Crippen LogP contribution in [0.25, 0.3) is 10.9 Å². The number of benzene rings is 1. The highest BCUT2D eigenvalue weighted by molar-refractivity contribution is 6.10. The molecule has 0 saturated heterocycles. The molecule has 0 aliphatic rings. The zero-order valence-electron chi connectivity index (χ0n) is 11.6. The summed E-state index contributed by atoms with van der Waals surface area (Å²) >= 11 is 0. The van der Waals surface area contributed by atoms with Crippen LogP contribution in [-0.2, 0) is 4.74 Å². The van der Waals surface area contributed by atoms with Gasteiger partial charge in [0.15, 0.2) is 6.29 Å². The summed E-state index contributed by atoms with van der Waals surface area (Å²) in [6, 6.07) is 2.02. The van der Waals surface area contributed by atoms with Gasteiger partial charge in [-0.2, -0.15) is 0 Å². The lowest BCUT2D eigenvalue weighted by Gasteiger charge is -2.05. The summed E-state index contributed by atoms with van der Waals surface area (Å²) in [5, 5.41) is 0.807. The fourth-order valence-electron chi connectivity index (χ4n) is 2.39. The molecule has 1 aromatic heterocycles. The SMILES string of the molecule is CCOC(=O)c1[nH]c2c(C)c(C)cc(C)c2c1C=O. The predicted octanol–water partition coefficient (Wildman–Crippen LogP) is 3.08. The molecule has 1 heterocycles. The van der Waals surface area contributed by atoms with E-state index in [4.69, 9.17) is 4.74 Å². The molecule has 0 saturated carbocycles. The molecule has 0 spiro atoms. The number of aldehydes is 1. The first-order chi connectivity index (χ1) is 9.01. The van der Waals surface area contributed by atoms with Crippen LogP contribution in [0.2, 0.25) is 0 Å². The minimum atomic E-state index is -0.489. The zero-order valence-corrected chi connectivity index (χ0v) is 11.6. The number of aromatic amines is 1. The third-order valence-corrected chi connectivity index (χ3v) is 3.43. The highest BCUT2D eigenvalue weighted by atomic mass is 16.5. The Kier molecular flexibility index (Phi) is 3.42. The average Bonchev–Trinajstić information content (AvgIpc) is 2.76. The number of carbonyl (C=O) groups excluding carboxylic acids is 2. The summed E-state index contributed by atoms with van der Waals surface area (Å²) in [5.41, 5.74) is 4.60. The van der Waals surface area contributed by atoms with Crippen LogP contribution in [0.15, 0.2) is 6.07 Å². The zero-order chi connectivity index (χ0) is 14.2. The standard InChI is InChI=1S/C15H17NO3/c1-5-19-15(18)14-11(7-17)12-9(3)6-8(2)10(4)13(12)16-14/h6-7,16H,5H2,1-4H3. The Labute approximate surface area is 111 Å². The number of ether oxygens (including phenoxy) is 1. The van der Waals surface area contributed by atoms with E-state index in [1.165, 1.54) is 0 Å². The third-order valence-electron chi connectivity index (χ3n) is 3.43. The Morgan fingerprint density at radius 3 is 2.58 bits per heavy atom. The maximum atomic E-state index is 11.9. The van der Waals surface area contributed by atoms with E-state index >= 15 is 0 Å². The molecule has 1 aromatic carbocycles. The highest BCUT2D eigenvalue weighted by Gasteiger charge is 2.21. The van der Waals surface area contributed by atoms with Gasteiger partial charge >= 0.3 is 5.97 Å². The van der Waals surface area contributed by atoms with Crippen LogP contribution < -0.4 is 0 Å². The van der Waals surface area contributed by atoms with E-state index in [2.05, 4.69) is 4.98 Å². The molecule has 0 unspecified atom stereocenters. The molecule has 19 heavy (non-hydrogen) atoms. The molecule has 0 bridgehead atoms. The van der Waals surface area contributed by atoms with E-state index in [1.807, 2.05) is 26.8 Å². The second kappa shape index (κ2) is 4.88. The largest absolute Gasteiger partial charge is 0.461 e. The van der Waals surface area contributed by atoms with Crippen molar-refractivity contribution in [2.24, 2.45) is 0 Å². The van der Waals surface area contributed by atoms with Gasteiger partial charge in [0.25, 0.3) is 0 Å². The molecule has 0 radical (unpaired) electrons. The van der Waals surface area contributed by atoms with Crippen molar-refractivity contribution in [1.82, 2.24) is 4.98 Å². The van der Waals surface area contributed by atoms with Crippen molar-refractivity contribution in [3.8, 4) is 0 Å². The summed E-state index contributed by atoms with van der Waals surface area (Å²) < 4.78 is 4.98. The molecule has 100 valence electrons. The van der Waals surface area contributed by atoms with Crippen molar-refractivity contribution in [2.45, 2.75) is 27.7 Å². The van der Waals surface area contributed by atoms with Crippen LogP contribution in [0.3, 0.4) is 0 Å². The van der Waals surface area contributed by atoms with Crippen LogP contribution in [0.1, 0.15) is 44.5 Å². The van der Waals surface area contributed by atoms with E-state index in [0.29, 0.717) is 11.8 Å². The van der Waals surface area contributed by atoms with E-state index in [1.54, 1.807) is 6.92 Å². The summed E-state index contributed by atoms with van der Waals surface area (Å²) in [6.45, 7) is 7.93. The molecule has 0 atom stereocenters. The van der Waals surface area contributed by atoms with Gasteiger partial charge in [-0.1, -0.05) is 6.07 Å². The quantitative estimate of drug-likeness (QED) is 0.680. The average molecular weight is 259 g/mol. The van der Waals surface area contributed by atoms with Crippen LogP contribution >= 0.6 is 0 Å². The van der Waals surface area contributed by atoms with Gasteiger partial charge in [-0.15, -0.1) is 0 Å². The second-order valence-electron chi connectivity index (χ2n) is 4.64. The van der Waals surface area contributed by atoms with Crippen LogP contribution in [-0.4, -0.2) is 23.8 Å². The first kappa shape index (κ1) is 13.3. The van der Waals surface area contributed by atoms with Gasteiger partial charge in [0.2, 0.25) is 0 Å². The van der Waals surface area contributed by atoms with Crippen LogP contribution in [0.4, 0.5) is 0 Å². The summed E-state index contributed by atoms with van der Waals surface area (Å²) in [6.07, 6.45) is 0.715. The Balaban J connectivity index is 2.81. The van der Waals surface area contributed by atoms with E-state index in [0.717, 1.165) is 27.6 Å². The van der Waals surface area contributed by atoms with Gasteiger partial charge in [-0.3, -0.25) is 4.79 Å². The third kappa shape index (κ3) is 2.03. The lowest BCUT2D eigenvalue weighted by Crippen LogP contribution is -2.07. The van der Waals surface area contributed by atoms with Crippen molar-refractivity contribution in [3.63, 3.8) is 0 Å². The van der Waals surface area contributed by atoms with Gasteiger partial charge in [0.05, 0.1) is 17.7 Å². The number of hydrogen-bond donors (Lipinski definition) is 1. The fourth-order valence-corrected chi connectivity index (χ4v) is 2.39. The number of aromatic nitrogens is 1. The van der Waals surface area contributed by atoms with Crippen molar-refractivity contribution in [2.75, 3.05) is 6.61 Å². The van der Waals surface area contributed by atoms with E-state index in [9.17, 15) is 9.59 Å².